The van der Waals surface area contributed by atoms with Gasteiger partial charge in [-0.25, -0.2) is 0 Å². The van der Waals surface area contributed by atoms with Gasteiger partial charge in [-0.05, 0) is 22.5 Å². The van der Waals surface area contributed by atoms with Gasteiger partial charge in [-0.2, -0.15) is 0 Å². The molecule has 1 aromatic carbocycles. The Hall–Kier alpha value is -0.550. The molecule has 1 unspecified atom stereocenters. The minimum Gasteiger partial charge on any atom is -0.480 e. The van der Waals surface area contributed by atoms with Crippen molar-refractivity contribution in [1.29, 1.82) is 0 Å². The molecule has 0 aromatic heterocycles. The monoisotopic (exact) mass is 282 g/mol. The van der Waals surface area contributed by atoms with Crippen LogP contribution in [0.25, 0.3) is 0 Å². The molecule has 0 aliphatic carbocycles. The summed E-state index contributed by atoms with van der Waals surface area (Å²) >= 11 is 0. The standard InChI is InChI=1S/C14H23OP.C3H8/c1-13(2,3)10-7-8-12(15-16)11(9-10)14(4,5)6;1-3-2/h7-9H,16H2,1-6H3;3H2,1-2H3. The highest BCUT2D eigenvalue weighted by atomic mass is 31.0. The van der Waals surface area contributed by atoms with Gasteiger partial charge < -0.3 is 4.52 Å². The smallest absolute Gasteiger partial charge is 0.126 e. The number of hydrogen-bond acceptors (Lipinski definition) is 1. The lowest BCUT2D eigenvalue weighted by molar-refractivity contribution is 0.536. The van der Waals surface area contributed by atoms with Crippen molar-refractivity contribution < 1.29 is 4.52 Å². The SMILES string of the molecule is CC(C)(C)c1ccc(OP)c(C(C)(C)C)c1.CCC. The van der Waals surface area contributed by atoms with Crippen molar-refractivity contribution >= 4 is 9.47 Å². The van der Waals surface area contributed by atoms with Gasteiger partial charge in [0.25, 0.3) is 0 Å². The predicted molar refractivity (Wildman–Crippen MR) is 90.1 cm³/mol. The van der Waals surface area contributed by atoms with Crippen molar-refractivity contribution in [2.45, 2.75) is 72.6 Å². The summed E-state index contributed by atoms with van der Waals surface area (Å²) in [4.78, 5) is 0. The molecule has 0 aliphatic rings. The van der Waals surface area contributed by atoms with E-state index < -0.39 is 0 Å². The summed E-state index contributed by atoms with van der Waals surface area (Å²) in [5.74, 6) is 0.950. The summed E-state index contributed by atoms with van der Waals surface area (Å²) < 4.78 is 5.36. The van der Waals surface area contributed by atoms with Crippen molar-refractivity contribution in [3.05, 3.63) is 29.3 Å². The Morgan fingerprint density at radius 1 is 0.947 bits per heavy atom. The highest BCUT2D eigenvalue weighted by Gasteiger charge is 2.22. The largest absolute Gasteiger partial charge is 0.480 e. The molecule has 19 heavy (non-hydrogen) atoms. The molecule has 0 heterocycles. The van der Waals surface area contributed by atoms with Crippen molar-refractivity contribution in [1.82, 2.24) is 0 Å². The van der Waals surface area contributed by atoms with Crippen LogP contribution in [-0.4, -0.2) is 0 Å². The van der Waals surface area contributed by atoms with E-state index in [0.717, 1.165) is 5.75 Å². The van der Waals surface area contributed by atoms with Crippen LogP contribution in [0.4, 0.5) is 0 Å². The molecular weight excluding hydrogens is 251 g/mol. The van der Waals surface area contributed by atoms with Crippen LogP contribution in [0.5, 0.6) is 5.75 Å². The molecular formula is C17H31OP. The van der Waals surface area contributed by atoms with E-state index in [1.165, 1.54) is 17.5 Å². The van der Waals surface area contributed by atoms with Gasteiger partial charge in [0.2, 0.25) is 0 Å². The summed E-state index contributed by atoms with van der Waals surface area (Å²) in [6, 6.07) is 6.47. The molecule has 0 saturated carbocycles. The van der Waals surface area contributed by atoms with Gasteiger partial charge in [-0.3, -0.25) is 0 Å². The zero-order valence-corrected chi connectivity index (χ0v) is 15.1. The zero-order chi connectivity index (χ0) is 15.3. The first-order valence-electron chi connectivity index (χ1n) is 7.09. The molecule has 1 atom stereocenters. The maximum atomic E-state index is 5.36. The first-order valence-corrected chi connectivity index (χ1v) is 7.56. The van der Waals surface area contributed by atoms with Crippen LogP contribution in [0.3, 0.4) is 0 Å². The van der Waals surface area contributed by atoms with Crippen molar-refractivity contribution in [3.8, 4) is 5.75 Å². The van der Waals surface area contributed by atoms with E-state index in [1.807, 2.05) is 0 Å². The van der Waals surface area contributed by atoms with E-state index in [1.54, 1.807) is 0 Å². The lowest BCUT2D eigenvalue weighted by atomic mass is 9.80. The predicted octanol–water partition coefficient (Wildman–Crippen LogP) is 5.87. The van der Waals surface area contributed by atoms with E-state index in [4.69, 9.17) is 4.52 Å². The summed E-state index contributed by atoms with van der Waals surface area (Å²) in [6.07, 6.45) is 1.25. The Morgan fingerprint density at radius 3 is 1.74 bits per heavy atom. The van der Waals surface area contributed by atoms with E-state index in [2.05, 4.69) is 83.1 Å². The van der Waals surface area contributed by atoms with Crippen LogP contribution < -0.4 is 4.52 Å². The lowest BCUT2D eigenvalue weighted by Crippen LogP contribution is -2.16. The van der Waals surface area contributed by atoms with Gasteiger partial charge in [0.15, 0.2) is 0 Å². The van der Waals surface area contributed by atoms with Crippen LogP contribution in [0, 0.1) is 0 Å². The second-order valence-corrected chi connectivity index (χ2v) is 7.27. The quantitative estimate of drug-likeness (QED) is 0.585. The first-order chi connectivity index (χ1) is 8.57. The molecule has 0 spiro atoms. The normalized spacial score (nSPS) is 11.6. The fraction of sp³-hybridized carbons (Fsp3) is 0.647. The molecule has 1 rings (SSSR count). The van der Waals surface area contributed by atoms with Gasteiger partial charge >= 0.3 is 0 Å². The number of benzene rings is 1. The summed E-state index contributed by atoms with van der Waals surface area (Å²) in [6.45, 7) is 17.6. The molecule has 2 heteroatoms. The van der Waals surface area contributed by atoms with E-state index in [9.17, 15) is 0 Å². The Bertz CT molecular complexity index is 383. The highest BCUT2D eigenvalue weighted by molar-refractivity contribution is 7.10. The number of rotatable bonds is 1. The van der Waals surface area contributed by atoms with Gasteiger partial charge in [0.1, 0.15) is 5.75 Å². The second-order valence-electron chi connectivity index (χ2n) is 7.04. The van der Waals surface area contributed by atoms with Crippen molar-refractivity contribution in [2.75, 3.05) is 0 Å². The average molecular weight is 282 g/mol. The Kier molecular flexibility index (Phi) is 7.08. The van der Waals surface area contributed by atoms with Gasteiger partial charge in [-0.1, -0.05) is 73.9 Å². The van der Waals surface area contributed by atoms with Crippen LogP contribution in [-0.2, 0) is 10.8 Å². The summed E-state index contributed by atoms with van der Waals surface area (Å²) in [5, 5.41) is 0. The van der Waals surface area contributed by atoms with Gasteiger partial charge in [-0.15, -0.1) is 0 Å². The second kappa shape index (κ2) is 7.29. The molecule has 0 bridgehead atoms. The van der Waals surface area contributed by atoms with Gasteiger partial charge in [0, 0.05) is 5.56 Å². The molecule has 0 amide bonds. The average Bonchev–Trinajstić information content (AvgIpc) is 2.27. The molecule has 110 valence electrons. The Morgan fingerprint density at radius 2 is 1.42 bits per heavy atom. The van der Waals surface area contributed by atoms with Crippen molar-refractivity contribution in [3.63, 3.8) is 0 Å². The Balaban J connectivity index is 0.000000982. The molecule has 0 radical (unpaired) electrons. The van der Waals surface area contributed by atoms with Crippen LogP contribution >= 0.6 is 9.47 Å². The molecule has 0 aliphatic heterocycles. The third-order valence-electron chi connectivity index (χ3n) is 2.78. The van der Waals surface area contributed by atoms with Crippen molar-refractivity contribution in [2.24, 2.45) is 0 Å². The van der Waals surface area contributed by atoms with Crippen LogP contribution in [0.2, 0.25) is 0 Å². The topological polar surface area (TPSA) is 9.23 Å². The first kappa shape index (κ1) is 18.4. The van der Waals surface area contributed by atoms with Crippen LogP contribution in [0.15, 0.2) is 18.2 Å². The maximum absolute atomic E-state index is 5.36. The minimum atomic E-state index is 0.104. The van der Waals surface area contributed by atoms with E-state index >= 15 is 0 Å². The molecule has 0 fully saturated rings. The lowest BCUT2D eigenvalue weighted by Gasteiger charge is -2.26. The van der Waals surface area contributed by atoms with Gasteiger partial charge in [0.05, 0.1) is 9.47 Å². The van der Waals surface area contributed by atoms with E-state index in [0.29, 0.717) is 0 Å². The molecule has 0 N–H and O–H groups in total. The zero-order valence-electron chi connectivity index (χ0n) is 13.9. The van der Waals surface area contributed by atoms with E-state index in [-0.39, 0.29) is 10.8 Å². The fourth-order valence-electron chi connectivity index (χ4n) is 1.69. The third kappa shape index (κ3) is 5.95. The fourth-order valence-corrected chi connectivity index (χ4v) is 1.89. The summed E-state index contributed by atoms with van der Waals surface area (Å²) in [7, 11) is 2.33. The minimum absolute atomic E-state index is 0.104. The highest BCUT2D eigenvalue weighted by Crippen LogP contribution is 2.35. The third-order valence-corrected chi connectivity index (χ3v) is 3.03. The molecule has 1 aromatic rings. The summed E-state index contributed by atoms with van der Waals surface area (Å²) in [5.41, 5.74) is 2.89. The van der Waals surface area contributed by atoms with Crippen LogP contribution in [0.1, 0.15) is 72.9 Å². The molecule has 1 nitrogen and oxygen atoms in total. The maximum Gasteiger partial charge on any atom is 0.126 e. The molecule has 0 saturated heterocycles. The Labute approximate surface area is 122 Å². The number of hydrogen-bond donors (Lipinski definition) is 0.